The number of aliphatic hydroxyl groups is 1. The van der Waals surface area contributed by atoms with Gasteiger partial charge >= 0.3 is 39.5 Å². The minimum absolute atomic E-state index is 0.107. The lowest BCUT2D eigenvalue weighted by molar-refractivity contribution is -0.161. The molecule has 660 valence electrons. The number of phosphoric ester groups is 2. The van der Waals surface area contributed by atoms with Gasteiger partial charge < -0.3 is 33.8 Å². The van der Waals surface area contributed by atoms with Crippen LogP contribution in [0.5, 0.6) is 0 Å². The first-order chi connectivity index (χ1) is 53.8. The number of hydrogen-bond acceptors (Lipinski definition) is 15. The van der Waals surface area contributed by atoms with E-state index in [2.05, 4.69) is 48.5 Å². The highest BCUT2D eigenvalue weighted by Crippen LogP contribution is 2.45. The lowest BCUT2D eigenvalue weighted by Gasteiger charge is -2.21. The van der Waals surface area contributed by atoms with Crippen molar-refractivity contribution in [1.82, 2.24) is 0 Å². The van der Waals surface area contributed by atoms with E-state index >= 15 is 0 Å². The summed E-state index contributed by atoms with van der Waals surface area (Å²) in [7, 11) is -9.94. The fraction of sp³-hybridized carbons (Fsp3) is 0.957. The van der Waals surface area contributed by atoms with E-state index in [0.29, 0.717) is 25.7 Å². The van der Waals surface area contributed by atoms with E-state index in [0.717, 1.165) is 108 Å². The average Bonchev–Trinajstić information content (AvgIpc) is 0.899. The molecular weight excluding hydrogens is 1440 g/mol. The Balaban J connectivity index is 5.23. The number of rotatable bonds is 90. The number of esters is 4. The molecule has 0 aliphatic carbocycles. The zero-order valence-electron chi connectivity index (χ0n) is 73.4. The van der Waals surface area contributed by atoms with Crippen molar-refractivity contribution in [3.8, 4) is 0 Å². The molecule has 17 nitrogen and oxygen atoms in total. The molecule has 0 rings (SSSR count). The Morgan fingerprint density at radius 1 is 0.261 bits per heavy atom. The van der Waals surface area contributed by atoms with Crippen LogP contribution in [0.15, 0.2) is 0 Å². The van der Waals surface area contributed by atoms with Crippen LogP contribution in [0.3, 0.4) is 0 Å². The largest absolute Gasteiger partial charge is 0.472 e. The number of ether oxygens (including phenoxy) is 4. The lowest BCUT2D eigenvalue weighted by Crippen LogP contribution is -2.30. The second kappa shape index (κ2) is 81.8. The van der Waals surface area contributed by atoms with Crippen molar-refractivity contribution in [1.29, 1.82) is 0 Å². The maximum absolute atomic E-state index is 13.2. The van der Waals surface area contributed by atoms with Crippen molar-refractivity contribution in [2.45, 2.75) is 510 Å². The molecule has 0 aromatic carbocycles. The van der Waals surface area contributed by atoms with Gasteiger partial charge in [-0.25, -0.2) is 9.13 Å². The van der Waals surface area contributed by atoms with Gasteiger partial charge in [-0.05, 0) is 43.4 Å². The topological polar surface area (TPSA) is 237 Å². The average molecular weight is 1620 g/mol. The van der Waals surface area contributed by atoms with Gasteiger partial charge in [-0.3, -0.25) is 37.3 Å². The van der Waals surface area contributed by atoms with Gasteiger partial charge in [0, 0.05) is 25.7 Å². The van der Waals surface area contributed by atoms with E-state index in [4.69, 9.17) is 37.0 Å². The number of phosphoric acid groups is 2. The third-order valence-electron chi connectivity index (χ3n) is 22.0. The zero-order valence-corrected chi connectivity index (χ0v) is 75.2. The molecule has 0 aliphatic heterocycles. The van der Waals surface area contributed by atoms with E-state index in [-0.39, 0.29) is 25.7 Å². The molecule has 0 fully saturated rings. The molecule has 0 radical (unpaired) electrons. The molecule has 0 aromatic rings. The molecule has 19 heteroatoms. The number of carbonyl (C=O) groups excluding carboxylic acids is 4. The van der Waals surface area contributed by atoms with Crippen LogP contribution < -0.4 is 0 Å². The quantitative estimate of drug-likeness (QED) is 0.0222. The van der Waals surface area contributed by atoms with Crippen LogP contribution in [0, 0.1) is 17.8 Å². The minimum Gasteiger partial charge on any atom is -0.462 e. The Hall–Kier alpha value is -1.94. The summed E-state index contributed by atoms with van der Waals surface area (Å²) in [4.78, 5) is 73.4. The molecule has 0 heterocycles. The second-order valence-electron chi connectivity index (χ2n) is 34.2. The van der Waals surface area contributed by atoms with Gasteiger partial charge in [-0.15, -0.1) is 0 Å². The summed E-state index contributed by atoms with van der Waals surface area (Å²) in [6.07, 6.45) is 75.1. The van der Waals surface area contributed by atoms with E-state index in [1.165, 1.54) is 302 Å². The lowest BCUT2D eigenvalue weighted by atomic mass is 9.99. The summed E-state index contributed by atoms with van der Waals surface area (Å²) in [6.45, 7) is 12.1. The van der Waals surface area contributed by atoms with E-state index < -0.39 is 97.5 Å². The molecule has 0 saturated carbocycles. The SMILES string of the molecule is CCCCCCCCCCCCCCCCCCCCCCCC(=O)OC[C@H](COP(=O)(O)OC[C@@H](O)COP(=O)(O)OC[C@@H](COC(=O)CCCCCCCCCCC(C)C)OC(=O)CCCCCCCCCCCCCCCCC(C)CC)OC(=O)CCCCCCCCCCCCCCCCCCCCC(C)C. The Morgan fingerprint density at radius 3 is 0.685 bits per heavy atom. The summed E-state index contributed by atoms with van der Waals surface area (Å²) < 4.78 is 69.1. The van der Waals surface area contributed by atoms with Gasteiger partial charge in [0.2, 0.25) is 0 Å². The predicted molar refractivity (Wildman–Crippen MR) is 460 cm³/mol. The summed E-state index contributed by atoms with van der Waals surface area (Å²) in [5.41, 5.74) is 0. The Kier molecular flexibility index (Phi) is 80.4. The van der Waals surface area contributed by atoms with Crippen LogP contribution in [0.1, 0.15) is 492 Å². The van der Waals surface area contributed by atoms with Crippen molar-refractivity contribution in [2.24, 2.45) is 17.8 Å². The number of aliphatic hydroxyl groups excluding tert-OH is 1. The first-order valence-electron chi connectivity index (χ1n) is 47.4. The smallest absolute Gasteiger partial charge is 0.462 e. The van der Waals surface area contributed by atoms with E-state index in [1.54, 1.807) is 0 Å². The summed E-state index contributed by atoms with van der Waals surface area (Å²) >= 11 is 0. The molecule has 0 bridgehead atoms. The maximum atomic E-state index is 13.2. The van der Waals surface area contributed by atoms with Gasteiger partial charge in [0.05, 0.1) is 26.4 Å². The third-order valence-corrected chi connectivity index (χ3v) is 23.9. The third kappa shape index (κ3) is 84.3. The molecule has 0 amide bonds. The second-order valence-corrected chi connectivity index (χ2v) is 37.2. The van der Waals surface area contributed by atoms with Crippen LogP contribution in [-0.4, -0.2) is 96.7 Å². The normalized spacial score (nSPS) is 14.0. The van der Waals surface area contributed by atoms with Gasteiger partial charge in [0.1, 0.15) is 19.3 Å². The van der Waals surface area contributed by atoms with Crippen molar-refractivity contribution in [2.75, 3.05) is 39.6 Å². The maximum Gasteiger partial charge on any atom is 0.472 e. The van der Waals surface area contributed by atoms with E-state index in [9.17, 15) is 43.2 Å². The summed E-state index contributed by atoms with van der Waals surface area (Å²) in [5, 5.41) is 10.7. The summed E-state index contributed by atoms with van der Waals surface area (Å²) in [6, 6.07) is 0. The van der Waals surface area contributed by atoms with Crippen LogP contribution >= 0.6 is 15.6 Å². The Bertz CT molecular complexity index is 2130. The number of unbranched alkanes of at least 4 members (excludes halogenated alkanes) is 57. The van der Waals surface area contributed by atoms with Crippen molar-refractivity contribution >= 4 is 39.5 Å². The van der Waals surface area contributed by atoms with Crippen LogP contribution in [0.4, 0.5) is 0 Å². The fourth-order valence-electron chi connectivity index (χ4n) is 14.4. The Morgan fingerprint density at radius 2 is 0.459 bits per heavy atom. The van der Waals surface area contributed by atoms with Crippen molar-refractivity contribution < 1.29 is 80.2 Å². The highest BCUT2D eigenvalue weighted by Gasteiger charge is 2.31. The zero-order chi connectivity index (χ0) is 81.5. The fourth-order valence-corrected chi connectivity index (χ4v) is 16.0. The molecule has 0 aromatic heterocycles. The molecule has 6 atom stereocenters. The highest BCUT2D eigenvalue weighted by atomic mass is 31.2. The predicted octanol–water partition coefficient (Wildman–Crippen LogP) is 28.4. The first kappa shape index (κ1) is 109. The number of carbonyl (C=O) groups is 4. The van der Waals surface area contributed by atoms with Gasteiger partial charge in [0.25, 0.3) is 0 Å². The molecule has 0 saturated heterocycles. The molecule has 111 heavy (non-hydrogen) atoms. The molecule has 3 unspecified atom stereocenters. The van der Waals surface area contributed by atoms with Gasteiger partial charge in [-0.1, -0.05) is 440 Å². The van der Waals surface area contributed by atoms with Gasteiger partial charge in [-0.2, -0.15) is 0 Å². The monoisotopic (exact) mass is 1620 g/mol. The minimum atomic E-state index is -4.97. The Labute approximate surface area is 683 Å². The van der Waals surface area contributed by atoms with Crippen molar-refractivity contribution in [3.05, 3.63) is 0 Å². The molecule has 0 aliphatic rings. The van der Waals surface area contributed by atoms with Crippen molar-refractivity contribution in [3.63, 3.8) is 0 Å². The van der Waals surface area contributed by atoms with Crippen LogP contribution in [0.2, 0.25) is 0 Å². The molecule has 0 spiro atoms. The van der Waals surface area contributed by atoms with E-state index in [1.807, 2.05) is 0 Å². The number of hydrogen-bond donors (Lipinski definition) is 3. The van der Waals surface area contributed by atoms with Crippen LogP contribution in [-0.2, 0) is 65.4 Å². The molecule has 3 N–H and O–H groups in total. The standard InChI is InChI=1S/C92H180O17P2/c1-8-10-11-12-13-14-15-16-17-18-19-20-21-25-28-34-39-44-52-59-66-73-89(94)102-79-87(108-91(96)75-68-61-54-45-40-35-29-26-23-22-24-27-32-37-42-49-56-63-70-83(3)4)81-106-110(98,99)104-77-86(93)78-105-111(100,101)107-82-88(80-103-90(95)74-67-60-53-48-47-50-57-64-71-84(5)6)109-92(97)76-69-62-55-46-41-36-31-30-33-38-43-51-58-65-72-85(7)9-2/h83-88,93H,8-82H2,1-7H3,(H,98,99)(H,100,101)/t85?,86-,87-,88-/m1/s1. The highest BCUT2D eigenvalue weighted by molar-refractivity contribution is 7.47. The summed E-state index contributed by atoms with van der Waals surface area (Å²) in [5.74, 6) is 0.294. The van der Waals surface area contributed by atoms with Gasteiger partial charge in [0.15, 0.2) is 12.2 Å². The first-order valence-corrected chi connectivity index (χ1v) is 50.4. The van der Waals surface area contributed by atoms with Crippen LogP contribution in [0.25, 0.3) is 0 Å². The molecular formula is C92H180O17P2.